The van der Waals surface area contributed by atoms with Crippen molar-refractivity contribution < 1.29 is 24.9 Å². The maximum atomic E-state index is 12.5. The Morgan fingerprint density at radius 2 is 1.58 bits per heavy atom. The molecule has 0 amide bonds. The van der Waals surface area contributed by atoms with Gasteiger partial charge in [0.15, 0.2) is 0 Å². The number of aromatic hydroxyl groups is 2. The zero-order chi connectivity index (χ0) is 18.9. The van der Waals surface area contributed by atoms with E-state index in [1.807, 2.05) is 13.8 Å². The number of benzene rings is 2. The van der Waals surface area contributed by atoms with Crippen molar-refractivity contribution >= 4 is 12.0 Å². The average Bonchev–Trinajstić information content (AvgIpc) is 2.84. The molecule has 1 aliphatic rings. The molecule has 2 aromatic rings. The summed E-state index contributed by atoms with van der Waals surface area (Å²) in [5.74, 6) is -0.507. The van der Waals surface area contributed by atoms with Crippen LogP contribution < -0.4 is 0 Å². The fourth-order valence-corrected chi connectivity index (χ4v) is 3.26. The van der Waals surface area contributed by atoms with Gasteiger partial charge in [0.1, 0.15) is 23.2 Å². The first-order valence-electron chi connectivity index (χ1n) is 8.53. The zero-order valence-corrected chi connectivity index (χ0v) is 14.7. The Morgan fingerprint density at radius 3 is 2.12 bits per heavy atom. The molecule has 1 heterocycles. The van der Waals surface area contributed by atoms with E-state index in [9.17, 15) is 20.1 Å². The maximum absolute atomic E-state index is 12.5. The number of cyclic esters (lactones) is 1. The molecule has 0 spiro atoms. The number of esters is 1. The standard InChI is InChI=1S/C21H22O5/c1-13(2)21(25)18(11-14-3-7-16(22)8-4-14)20(24)26-19(21)12-15-5-9-17(23)10-6-15/h3-11,13,19,22-23,25H,12H2,1-2H3/b18-11-. The molecule has 3 rings (SSSR count). The summed E-state index contributed by atoms with van der Waals surface area (Å²) in [7, 11) is 0. The first-order chi connectivity index (χ1) is 12.3. The molecule has 1 fully saturated rings. The van der Waals surface area contributed by atoms with Crippen LogP contribution in [0.2, 0.25) is 0 Å². The van der Waals surface area contributed by atoms with Crippen LogP contribution in [-0.4, -0.2) is 33.0 Å². The number of aliphatic hydroxyl groups is 1. The number of hydrogen-bond acceptors (Lipinski definition) is 5. The maximum Gasteiger partial charge on any atom is 0.337 e. The predicted octanol–water partition coefficient (Wildman–Crippen LogP) is 3.04. The number of carbonyl (C=O) groups is 1. The fourth-order valence-electron chi connectivity index (χ4n) is 3.26. The van der Waals surface area contributed by atoms with E-state index in [1.165, 1.54) is 12.1 Å². The van der Waals surface area contributed by atoms with Crippen LogP contribution >= 0.6 is 0 Å². The molecule has 0 radical (unpaired) electrons. The quantitative estimate of drug-likeness (QED) is 0.580. The molecule has 0 bridgehead atoms. The molecule has 2 atom stereocenters. The lowest BCUT2D eigenvalue weighted by molar-refractivity contribution is -0.142. The van der Waals surface area contributed by atoms with Gasteiger partial charge in [-0.1, -0.05) is 38.1 Å². The Kier molecular flexibility index (Phi) is 4.74. The van der Waals surface area contributed by atoms with Crippen molar-refractivity contribution in [1.29, 1.82) is 0 Å². The normalized spacial score (nSPS) is 24.2. The number of phenolic OH excluding ortho intramolecular Hbond substituents is 2. The highest BCUT2D eigenvalue weighted by molar-refractivity contribution is 5.98. The smallest absolute Gasteiger partial charge is 0.337 e. The number of ether oxygens (including phenoxy) is 1. The number of rotatable bonds is 4. The summed E-state index contributed by atoms with van der Waals surface area (Å²) >= 11 is 0. The Labute approximate surface area is 152 Å². The molecule has 3 N–H and O–H groups in total. The first-order valence-corrected chi connectivity index (χ1v) is 8.53. The molecule has 1 aliphatic heterocycles. The summed E-state index contributed by atoms with van der Waals surface area (Å²) in [4.78, 5) is 12.5. The lowest BCUT2D eigenvalue weighted by atomic mass is 9.78. The minimum atomic E-state index is -1.44. The second-order valence-corrected chi connectivity index (χ2v) is 6.89. The summed E-state index contributed by atoms with van der Waals surface area (Å²) in [5.41, 5.74) is 0.319. The molecule has 0 aliphatic carbocycles. The van der Waals surface area contributed by atoms with Crippen molar-refractivity contribution in [3.05, 3.63) is 65.2 Å². The van der Waals surface area contributed by atoms with E-state index in [1.54, 1.807) is 42.5 Å². The topological polar surface area (TPSA) is 87.0 Å². The van der Waals surface area contributed by atoms with Crippen molar-refractivity contribution in [2.75, 3.05) is 0 Å². The van der Waals surface area contributed by atoms with E-state index in [0.717, 1.165) is 5.56 Å². The molecule has 5 heteroatoms. The highest BCUT2D eigenvalue weighted by Crippen LogP contribution is 2.41. The largest absolute Gasteiger partial charge is 0.508 e. The third kappa shape index (κ3) is 3.30. The van der Waals surface area contributed by atoms with Crippen LogP contribution in [0, 0.1) is 5.92 Å². The van der Waals surface area contributed by atoms with Gasteiger partial charge in [0.2, 0.25) is 0 Å². The van der Waals surface area contributed by atoms with Crippen molar-refractivity contribution in [3.8, 4) is 11.5 Å². The molecule has 136 valence electrons. The lowest BCUT2D eigenvalue weighted by Gasteiger charge is -2.32. The predicted molar refractivity (Wildman–Crippen MR) is 97.6 cm³/mol. The first kappa shape index (κ1) is 18.0. The highest BCUT2D eigenvalue weighted by atomic mass is 16.6. The monoisotopic (exact) mass is 354 g/mol. The van der Waals surface area contributed by atoms with Crippen LogP contribution in [0.15, 0.2) is 54.1 Å². The summed E-state index contributed by atoms with van der Waals surface area (Å²) in [5, 5.41) is 30.2. The molecule has 2 unspecified atom stereocenters. The summed E-state index contributed by atoms with van der Waals surface area (Å²) in [6.45, 7) is 3.69. The van der Waals surface area contributed by atoms with Gasteiger partial charge in [-0.15, -0.1) is 0 Å². The van der Waals surface area contributed by atoms with E-state index in [4.69, 9.17) is 4.74 Å². The Balaban J connectivity index is 1.96. The van der Waals surface area contributed by atoms with E-state index in [-0.39, 0.29) is 23.0 Å². The SMILES string of the molecule is CC(C)C1(O)/C(=C\c2ccc(O)cc2)C(=O)OC1Cc1ccc(O)cc1. The van der Waals surface area contributed by atoms with Gasteiger partial charge in [-0.05, 0) is 47.4 Å². The minimum absolute atomic E-state index is 0.130. The van der Waals surface area contributed by atoms with E-state index < -0.39 is 17.7 Å². The molecule has 2 aromatic carbocycles. The second-order valence-electron chi connectivity index (χ2n) is 6.89. The molecule has 0 aromatic heterocycles. The Morgan fingerprint density at radius 1 is 1.04 bits per heavy atom. The van der Waals surface area contributed by atoms with Crippen LogP contribution in [0.25, 0.3) is 6.08 Å². The Hall–Kier alpha value is -2.79. The van der Waals surface area contributed by atoms with Crippen molar-refractivity contribution in [1.82, 2.24) is 0 Å². The second kappa shape index (κ2) is 6.84. The van der Waals surface area contributed by atoms with Gasteiger partial charge < -0.3 is 20.1 Å². The van der Waals surface area contributed by atoms with Crippen LogP contribution in [0.1, 0.15) is 25.0 Å². The van der Waals surface area contributed by atoms with Crippen LogP contribution in [-0.2, 0) is 16.0 Å². The van der Waals surface area contributed by atoms with Gasteiger partial charge in [0, 0.05) is 6.42 Å². The minimum Gasteiger partial charge on any atom is -0.508 e. The van der Waals surface area contributed by atoms with Crippen LogP contribution in [0.3, 0.4) is 0 Å². The van der Waals surface area contributed by atoms with E-state index in [2.05, 4.69) is 0 Å². The number of hydrogen-bond donors (Lipinski definition) is 3. The third-order valence-corrected chi connectivity index (χ3v) is 4.83. The van der Waals surface area contributed by atoms with Crippen LogP contribution in [0.4, 0.5) is 0 Å². The molecule has 0 saturated carbocycles. The lowest BCUT2D eigenvalue weighted by Crippen LogP contribution is -2.45. The molecule has 26 heavy (non-hydrogen) atoms. The van der Waals surface area contributed by atoms with Gasteiger partial charge in [0.25, 0.3) is 0 Å². The van der Waals surface area contributed by atoms with Gasteiger partial charge >= 0.3 is 5.97 Å². The molecular formula is C21H22O5. The van der Waals surface area contributed by atoms with Gasteiger partial charge in [0.05, 0.1) is 5.57 Å². The van der Waals surface area contributed by atoms with Crippen LogP contribution in [0.5, 0.6) is 11.5 Å². The summed E-state index contributed by atoms with van der Waals surface area (Å²) < 4.78 is 5.51. The van der Waals surface area contributed by atoms with Crippen molar-refractivity contribution in [2.24, 2.45) is 5.92 Å². The molecular weight excluding hydrogens is 332 g/mol. The zero-order valence-electron chi connectivity index (χ0n) is 14.7. The summed E-state index contributed by atoms with van der Waals surface area (Å²) in [6, 6.07) is 13.0. The van der Waals surface area contributed by atoms with Gasteiger partial charge in [-0.25, -0.2) is 4.79 Å². The van der Waals surface area contributed by atoms with Gasteiger partial charge in [-0.2, -0.15) is 0 Å². The molecule has 5 nitrogen and oxygen atoms in total. The highest BCUT2D eigenvalue weighted by Gasteiger charge is 2.54. The number of phenols is 2. The van der Waals surface area contributed by atoms with E-state index in [0.29, 0.717) is 12.0 Å². The molecule has 1 saturated heterocycles. The van der Waals surface area contributed by atoms with Crippen molar-refractivity contribution in [3.63, 3.8) is 0 Å². The average molecular weight is 354 g/mol. The van der Waals surface area contributed by atoms with E-state index >= 15 is 0 Å². The number of carbonyl (C=O) groups excluding carboxylic acids is 1. The van der Waals surface area contributed by atoms with Crippen molar-refractivity contribution in [2.45, 2.75) is 32.0 Å². The third-order valence-electron chi connectivity index (χ3n) is 4.83. The van der Waals surface area contributed by atoms with Gasteiger partial charge in [-0.3, -0.25) is 0 Å². The fraction of sp³-hybridized carbons (Fsp3) is 0.286. The Bertz CT molecular complexity index is 820. The summed E-state index contributed by atoms with van der Waals surface area (Å²) in [6.07, 6.45) is 1.23.